The zero-order valence-electron chi connectivity index (χ0n) is 10.8. The SMILES string of the molecule is CCN(CC(C)C(=O)O)C(=O)CCCCCN. The van der Waals surface area contributed by atoms with Gasteiger partial charge in [-0.2, -0.15) is 0 Å². The van der Waals surface area contributed by atoms with Crippen LogP contribution in [0.3, 0.4) is 0 Å². The third-order valence-corrected chi connectivity index (χ3v) is 2.75. The Labute approximate surface area is 103 Å². The largest absolute Gasteiger partial charge is 0.481 e. The molecule has 1 amide bonds. The molecule has 0 aromatic rings. The van der Waals surface area contributed by atoms with Gasteiger partial charge in [0.25, 0.3) is 0 Å². The molecule has 0 heterocycles. The van der Waals surface area contributed by atoms with Crippen molar-refractivity contribution in [2.45, 2.75) is 39.5 Å². The summed E-state index contributed by atoms with van der Waals surface area (Å²) in [5.41, 5.74) is 5.37. The predicted octanol–water partition coefficient (Wildman–Crippen LogP) is 1.07. The summed E-state index contributed by atoms with van der Waals surface area (Å²) in [6.07, 6.45) is 3.20. The number of amides is 1. The van der Waals surface area contributed by atoms with Gasteiger partial charge in [0.05, 0.1) is 5.92 Å². The molecular weight excluding hydrogens is 220 g/mol. The van der Waals surface area contributed by atoms with Crippen molar-refractivity contribution in [1.82, 2.24) is 4.90 Å². The molecule has 0 saturated heterocycles. The van der Waals surface area contributed by atoms with Gasteiger partial charge in [0.2, 0.25) is 5.91 Å². The normalized spacial score (nSPS) is 12.2. The average molecular weight is 244 g/mol. The topological polar surface area (TPSA) is 83.6 Å². The van der Waals surface area contributed by atoms with Crippen LogP contribution in [0.25, 0.3) is 0 Å². The van der Waals surface area contributed by atoms with E-state index in [2.05, 4.69) is 0 Å². The molecule has 0 saturated carbocycles. The fourth-order valence-corrected chi connectivity index (χ4v) is 1.57. The summed E-state index contributed by atoms with van der Waals surface area (Å²) in [5, 5.41) is 8.80. The van der Waals surface area contributed by atoms with Crippen LogP contribution >= 0.6 is 0 Å². The molecule has 100 valence electrons. The lowest BCUT2D eigenvalue weighted by Crippen LogP contribution is -2.36. The molecule has 5 nitrogen and oxygen atoms in total. The van der Waals surface area contributed by atoms with E-state index >= 15 is 0 Å². The summed E-state index contributed by atoms with van der Waals surface area (Å²) in [7, 11) is 0. The van der Waals surface area contributed by atoms with Crippen molar-refractivity contribution in [2.75, 3.05) is 19.6 Å². The molecule has 0 aliphatic rings. The van der Waals surface area contributed by atoms with Crippen molar-refractivity contribution >= 4 is 11.9 Å². The van der Waals surface area contributed by atoms with Crippen molar-refractivity contribution in [2.24, 2.45) is 11.7 Å². The molecule has 3 N–H and O–H groups in total. The van der Waals surface area contributed by atoms with Gasteiger partial charge in [-0.25, -0.2) is 0 Å². The molecule has 0 aliphatic carbocycles. The maximum atomic E-state index is 11.8. The average Bonchev–Trinajstić information content (AvgIpc) is 2.30. The molecule has 0 fully saturated rings. The van der Waals surface area contributed by atoms with Crippen LogP contribution in [0, 0.1) is 5.92 Å². The second kappa shape index (κ2) is 8.98. The zero-order valence-corrected chi connectivity index (χ0v) is 10.8. The van der Waals surface area contributed by atoms with E-state index in [9.17, 15) is 9.59 Å². The number of carboxylic acids is 1. The predicted molar refractivity (Wildman–Crippen MR) is 66.6 cm³/mol. The summed E-state index contributed by atoms with van der Waals surface area (Å²) in [6, 6.07) is 0. The van der Waals surface area contributed by atoms with Crippen LogP contribution in [-0.2, 0) is 9.59 Å². The van der Waals surface area contributed by atoms with Gasteiger partial charge < -0.3 is 15.7 Å². The highest BCUT2D eigenvalue weighted by Crippen LogP contribution is 2.06. The Morgan fingerprint density at radius 3 is 2.41 bits per heavy atom. The number of rotatable bonds is 9. The van der Waals surface area contributed by atoms with Crippen LogP contribution in [-0.4, -0.2) is 41.5 Å². The molecule has 0 aromatic carbocycles. The molecule has 17 heavy (non-hydrogen) atoms. The Morgan fingerprint density at radius 2 is 1.94 bits per heavy atom. The number of nitrogens with two attached hydrogens (primary N) is 1. The monoisotopic (exact) mass is 244 g/mol. The molecule has 0 aliphatic heterocycles. The third-order valence-electron chi connectivity index (χ3n) is 2.75. The van der Waals surface area contributed by atoms with Gasteiger partial charge in [-0.3, -0.25) is 9.59 Å². The molecule has 0 spiro atoms. The minimum Gasteiger partial charge on any atom is -0.481 e. The summed E-state index contributed by atoms with van der Waals surface area (Å²) in [6.45, 7) is 5.00. The van der Waals surface area contributed by atoms with E-state index in [-0.39, 0.29) is 5.91 Å². The fourth-order valence-electron chi connectivity index (χ4n) is 1.57. The van der Waals surface area contributed by atoms with Crippen molar-refractivity contribution in [1.29, 1.82) is 0 Å². The standard InChI is InChI=1S/C12H24N2O3/c1-3-14(9-10(2)12(16)17)11(15)7-5-4-6-8-13/h10H,3-9,13H2,1-2H3,(H,16,17). The van der Waals surface area contributed by atoms with Gasteiger partial charge in [-0.05, 0) is 26.3 Å². The Morgan fingerprint density at radius 1 is 1.29 bits per heavy atom. The molecule has 0 radical (unpaired) electrons. The summed E-state index contributed by atoms with van der Waals surface area (Å²) in [5.74, 6) is -1.33. The second-order valence-corrected chi connectivity index (χ2v) is 4.27. The van der Waals surface area contributed by atoms with Crippen LogP contribution in [0.5, 0.6) is 0 Å². The van der Waals surface area contributed by atoms with Crippen LogP contribution in [0.15, 0.2) is 0 Å². The molecule has 1 unspecified atom stereocenters. The van der Waals surface area contributed by atoms with E-state index in [1.807, 2.05) is 6.92 Å². The Hall–Kier alpha value is -1.10. The van der Waals surface area contributed by atoms with Gasteiger partial charge in [-0.15, -0.1) is 0 Å². The second-order valence-electron chi connectivity index (χ2n) is 4.27. The first-order valence-corrected chi connectivity index (χ1v) is 6.23. The Kier molecular flexibility index (Phi) is 8.40. The van der Waals surface area contributed by atoms with Crippen LogP contribution in [0.1, 0.15) is 39.5 Å². The Bertz CT molecular complexity index is 244. The molecule has 0 rings (SSSR count). The lowest BCUT2D eigenvalue weighted by molar-refractivity contribution is -0.143. The first-order valence-electron chi connectivity index (χ1n) is 6.23. The van der Waals surface area contributed by atoms with Crippen LogP contribution < -0.4 is 5.73 Å². The smallest absolute Gasteiger partial charge is 0.308 e. The van der Waals surface area contributed by atoms with Gasteiger partial charge in [0.15, 0.2) is 0 Å². The van der Waals surface area contributed by atoms with Crippen LogP contribution in [0.2, 0.25) is 0 Å². The van der Waals surface area contributed by atoms with E-state index < -0.39 is 11.9 Å². The lowest BCUT2D eigenvalue weighted by Gasteiger charge is -2.22. The summed E-state index contributed by atoms with van der Waals surface area (Å²) in [4.78, 5) is 24.1. The highest BCUT2D eigenvalue weighted by molar-refractivity contribution is 5.77. The third kappa shape index (κ3) is 6.94. The number of carbonyl (C=O) groups excluding carboxylic acids is 1. The van der Waals surface area contributed by atoms with Crippen LogP contribution in [0.4, 0.5) is 0 Å². The number of unbranched alkanes of at least 4 members (excludes halogenated alkanes) is 2. The maximum absolute atomic E-state index is 11.8. The summed E-state index contributed by atoms with van der Waals surface area (Å²) < 4.78 is 0. The van der Waals surface area contributed by atoms with Gasteiger partial charge in [0, 0.05) is 19.5 Å². The van der Waals surface area contributed by atoms with Crippen molar-refractivity contribution in [3.63, 3.8) is 0 Å². The van der Waals surface area contributed by atoms with Crippen molar-refractivity contribution < 1.29 is 14.7 Å². The van der Waals surface area contributed by atoms with E-state index in [1.54, 1.807) is 11.8 Å². The first-order chi connectivity index (χ1) is 8.02. The Balaban J connectivity index is 3.99. The van der Waals surface area contributed by atoms with E-state index in [4.69, 9.17) is 10.8 Å². The number of aliphatic carboxylic acids is 1. The number of carbonyl (C=O) groups is 2. The summed E-state index contributed by atoms with van der Waals surface area (Å²) >= 11 is 0. The van der Waals surface area contributed by atoms with Crippen molar-refractivity contribution in [3.8, 4) is 0 Å². The fraction of sp³-hybridized carbons (Fsp3) is 0.833. The molecule has 5 heteroatoms. The van der Waals surface area contributed by atoms with Gasteiger partial charge in [-0.1, -0.05) is 13.3 Å². The first kappa shape index (κ1) is 15.9. The quantitative estimate of drug-likeness (QED) is 0.594. The van der Waals surface area contributed by atoms with Gasteiger partial charge >= 0.3 is 5.97 Å². The minimum atomic E-state index is -0.862. The number of nitrogens with zero attached hydrogens (tertiary/aromatic N) is 1. The molecule has 1 atom stereocenters. The lowest BCUT2D eigenvalue weighted by atomic mass is 10.1. The van der Waals surface area contributed by atoms with Gasteiger partial charge in [0.1, 0.15) is 0 Å². The maximum Gasteiger partial charge on any atom is 0.308 e. The highest BCUT2D eigenvalue weighted by atomic mass is 16.4. The molecular formula is C12H24N2O3. The highest BCUT2D eigenvalue weighted by Gasteiger charge is 2.18. The van der Waals surface area contributed by atoms with E-state index in [0.29, 0.717) is 26.1 Å². The zero-order chi connectivity index (χ0) is 13.3. The van der Waals surface area contributed by atoms with E-state index in [0.717, 1.165) is 19.3 Å². The minimum absolute atomic E-state index is 0.0395. The number of hydrogen-bond donors (Lipinski definition) is 2. The number of carboxylic acid groups (broad SMARTS) is 1. The van der Waals surface area contributed by atoms with Crippen molar-refractivity contribution in [3.05, 3.63) is 0 Å². The van der Waals surface area contributed by atoms with E-state index in [1.165, 1.54) is 0 Å². The molecule has 0 bridgehead atoms. The number of hydrogen-bond acceptors (Lipinski definition) is 3. The molecule has 0 aromatic heterocycles.